The van der Waals surface area contributed by atoms with Gasteiger partial charge in [-0.15, -0.1) is 0 Å². The van der Waals surface area contributed by atoms with Crippen LogP contribution in [0.25, 0.3) is 0 Å². The Morgan fingerprint density at radius 2 is 1.56 bits per heavy atom. The van der Waals surface area contributed by atoms with E-state index in [0.29, 0.717) is 60.9 Å². The molecule has 0 atom stereocenters. The fraction of sp³-hybridized carbons (Fsp3) is 0.250. The van der Waals surface area contributed by atoms with E-state index in [9.17, 15) is 14.4 Å². The number of nitrogens with one attached hydrogen (secondary N) is 1. The van der Waals surface area contributed by atoms with Gasteiger partial charge in [0.1, 0.15) is 5.75 Å². The Morgan fingerprint density at radius 3 is 2.25 bits per heavy atom. The summed E-state index contributed by atoms with van der Waals surface area (Å²) in [6, 6.07) is 21.2. The average molecular weight is 488 g/mol. The van der Waals surface area contributed by atoms with Crippen LogP contribution in [0.1, 0.15) is 38.0 Å². The summed E-state index contributed by atoms with van der Waals surface area (Å²) in [6.07, 6.45) is 0. The maximum Gasteiger partial charge on any atom is 0.337 e. The molecule has 186 valence electrons. The second-order valence-electron chi connectivity index (χ2n) is 8.28. The fourth-order valence-corrected chi connectivity index (χ4v) is 4.16. The maximum atomic E-state index is 13.1. The molecule has 0 bridgehead atoms. The molecule has 36 heavy (non-hydrogen) atoms. The topological polar surface area (TPSA) is 88.2 Å². The number of anilines is 2. The number of nitrogens with zero attached hydrogens (tertiary/aromatic N) is 2. The zero-order chi connectivity index (χ0) is 25.5. The molecule has 0 radical (unpaired) electrons. The predicted octanol–water partition coefficient (Wildman–Crippen LogP) is 4.09. The number of carbonyl (C=O) groups excluding carboxylic acids is 3. The number of hydrogen-bond donors (Lipinski definition) is 1. The fourth-order valence-electron chi connectivity index (χ4n) is 4.16. The highest BCUT2D eigenvalue weighted by Crippen LogP contribution is 2.30. The predicted molar refractivity (Wildman–Crippen MR) is 138 cm³/mol. The van der Waals surface area contributed by atoms with Gasteiger partial charge < -0.3 is 24.6 Å². The number of piperazine rings is 1. The van der Waals surface area contributed by atoms with E-state index in [4.69, 9.17) is 9.47 Å². The van der Waals surface area contributed by atoms with Crippen molar-refractivity contribution >= 4 is 29.2 Å². The highest BCUT2D eigenvalue weighted by Gasteiger charge is 2.25. The Bertz CT molecular complexity index is 1240. The number of ether oxygens (including phenoxy) is 2. The molecule has 0 aliphatic carbocycles. The molecule has 1 aliphatic heterocycles. The van der Waals surface area contributed by atoms with Crippen molar-refractivity contribution < 1.29 is 23.9 Å². The van der Waals surface area contributed by atoms with Crippen molar-refractivity contribution in [3.8, 4) is 5.75 Å². The van der Waals surface area contributed by atoms with Gasteiger partial charge in [-0.05, 0) is 55.5 Å². The lowest BCUT2D eigenvalue weighted by molar-refractivity contribution is 0.0600. The van der Waals surface area contributed by atoms with Gasteiger partial charge in [0.05, 0.1) is 30.7 Å². The molecule has 3 aromatic carbocycles. The minimum atomic E-state index is -0.492. The van der Waals surface area contributed by atoms with Crippen LogP contribution in [0.4, 0.5) is 11.4 Å². The van der Waals surface area contributed by atoms with Crippen LogP contribution in [0.3, 0.4) is 0 Å². The first kappa shape index (κ1) is 24.8. The van der Waals surface area contributed by atoms with E-state index < -0.39 is 5.97 Å². The first-order valence-corrected chi connectivity index (χ1v) is 11.9. The first-order chi connectivity index (χ1) is 17.5. The van der Waals surface area contributed by atoms with Crippen LogP contribution in [0.2, 0.25) is 0 Å². The molecule has 2 amide bonds. The van der Waals surface area contributed by atoms with Crippen LogP contribution in [-0.2, 0) is 4.74 Å². The minimum Gasteiger partial charge on any atom is -0.494 e. The van der Waals surface area contributed by atoms with Crippen molar-refractivity contribution in [1.29, 1.82) is 0 Å². The monoisotopic (exact) mass is 487 g/mol. The Kier molecular flexibility index (Phi) is 7.85. The van der Waals surface area contributed by atoms with E-state index in [1.54, 1.807) is 42.5 Å². The summed E-state index contributed by atoms with van der Waals surface area (Å²) < 4.78 is 10.4. The van der Waals surface area contributed by atoms with Crippen LogP contribution in [0.15, 0.2) is 72.8 Å². The molecule has 1 heterocycles. The Balaban J connectivity index is 1.54. The lowest BCUT2D eigenvalue weighted by atomic mass is 10.1. The minimum absolute atomic E-state index is 0.000930. The standard InChI is InChI=1S/C28H29N3O5/c1-3-36-23-11-7-10-21(18-23)26(32)29-24-19-22(28(34)35-2)12-13-25(24)30-14-16-31(17-15-30)27(33)20-8-5-4-6-9-20/h4-13,18-19H,3,14-17H2,1-2H3,(H,29,32). The number of hydrogen-bond acceptors (Lipinski definition) is 6. The van der Waals surface area contributed by atoms with Gasteiger partial charge in [0.2, 0.25) is 0 Å². The average Bonchev–Trinajstić information content (AvgIpc) is 2.93. The van der Waals surface area contributed by atoms with Gasteiger partial charge in [0.25, 0.3) is 11.8 Å². The third-order valence-corrected chi connectivity index (χ3v) is 6.00. The molecular weight excluding hydrogens is 458 g/mol. The second kappa shape index (κ2) is 11.4. The van der Waals surface area contributed by atoms with Gasteiger partial charge in [-0.1, -0.05) is 24.3 Å². The molecule has 4 rings (SSSR count). The van der Waals surface area contributed by atoms with E-state index in [2.05, 4.69) is 10.2 Å². The third kappa shape index (κ3) is 5.66. The Labute approximate surface area is 210 Å². The van der Waals surface area contributed by atoms with Gasteiger partial charge in [0, 0.05) is 37.3 Å². The molecule has 3 aromatic rings. The molecule has 0 spiro atoms. The van der Waals surface area contributed by atoms with E-state index in [1.807, 2.05) is 42.2 Å². The summed E-state index contributed by atoms with van der Waals surface area (Å²) in [5.41, 5.74) is 2.69. The number of rotatable bonds is 7. The number of esters is 1. The molecule has 1 aliphatic rings. The molecular formula is C28H29N3O5. The van der Waals surface area contributed by atoms with Crippen molar-refractivity contribution in [1.82, 2.24) is 4.90 Å². The van der Waals surface area contributed by atoms with Crippen molar-refractivity contribution in [3.05, 3.63) is 89.5 Å². The molecule has 1 N–H and O–H groups in total. The van der Waals surface area contributed by atoms with E-state index >= 15 is 0 Å². The zero-order valence-electron chi connectivity index (χ0n) is 20.4. The lowest BCUT2D eigenvalue weighted by Gasteiger charge is -2.37. The summed E-state index contributed by atoms with van der Waals surface area (Å²) in [6.45, 7) is 4.61. The molecule has 0 aromatic heterocycles. The number of amides is 2. The smallest absolute Gasteiger partial charge is 0.337 e. The second-order valence-corrected chi connectivity index (χ2v) is 8.28. The molecule has 8 heteroatoms. The summed E-state index contributed by atoms with van der Waals surface area (Å²) in [5, 5.41) is 2.95. The Morgan fingerprint density at radius 1 is 0.833 bits per heavy atom. The van der Waals surface area contributed by atoms with Gasteiger partial charge in [0.15, 0.2) is 0 Å². The maximum absolute atomic E-state index is 13.1. The SMILES string of the molecule is CCOc1cccc(C(=O)Nc2cc(C(=O)OC)ccc2N2CCN(C(=O)c3ccccc3)CC2)c1. The van der Waals surface area contributed by atoms with Gasteiger partial charge in [-0.2, -0.15) is 0 Å². The number of benzene rings is 3. The van der Waals surface area contributed by atoms with Crippen LogP contribution in [0.5, 0.6) is 5.75 Å². The van der Waals surface area contributed by atoms with Crippen molar-refractivity contribution in [2.75, 3.05) is 50.1 Å². The van der Waals surface area contributed by atoms with Crippen molar-refractivity contribution in [2.24, 2.45) is 0 Å². The number of carbonyl (C=O) groups is 3. The van der Waals surface area contributed by atoms with Gasteiger partial charge in [-0.3, -0.25) is 9.59 Å². The summed E-state index contributed by atoms with van der Waals surface area (Å²) in [4.78, 5) is 42.0. The largest absolute Gasteiger partial charge is 0.494 e. The summed E-state index contributed by atoms with van der Waals surface area (Å²) >= 11 is 0. The van der Waals surface area contributed by atoms with Crippen molar-refractivity contribution in [3.63, 3.8) is 0 Å². The highest BCUT2D eigenvalue weighted by atomic mass is 16.5. The van der Waals surface area contributed by atoms with E-state index in [0.717, 1.165) is 5.69 Å². The third-order valence-electron chi connectivity index (χ3n) is 6.00. The lowest BCUT2D eigenvalue weighted by Crippen LogP contribution is -2.49. The van der Waals surface area contributed by atoms with Crippen LogP contribution in [0, 0.1) is 0 Å². The van der Waals surface area contributed by atoms with Crippen molar-refractivity contribution in [2.45, 2.75) is 6.92 Å². The Hall–Kier alpha value is -4.33. The quantitative estimate of drug-likeness (QED) is 0.505. The van der Waals surface area contributed by atoms with Crippen LogP contribution < -0.4 is 15.0 Å². The van der Waals surface area contributed by atoms with Crippen LogP contribution >= 0.6 is 0 Å². The molecule has 1 saturated heterocycles. The highest BCUT2D eigenvalue weighted by molar-refractivity contribution is 6.07. The molecule has 8 nitrogen and oxygen atoms in total. The first-order valence-electron chi connectivity index (χ1n) is 11.9. The van der Waals surface area contributed by atoms with E-state index in [1.165, 1.54) is 7.11 Å². The van der Waals surface area contributed by atoms with Crippen LogP contribution in [-0.4, -0.2) is 62.6 Å². The van der Waals surface area contributed by atoms with Gasteiger partial charge in [-0.25, -0.2) is 4.79 Å². The zero-order valence-corrected chi connectivity index (χ0v) is 20.4. The summed E-state index contributed by atoms with van der Waals surface area (Å²) in [7, 11) is 1.32. The van der Waals surface area contributed by atoms with Gasteiger partial charge >= 0.3 is 5.97 Å². The molecule has 0 saturated carbocycles. The summed E-state index contributed by atoms with van der Waals surface area (Å²) in [5.74, 6) is -0.210. The normalized spacial score (nSPS) is 13.2. The number of methoxy groups -OCH3 is 1. The van der Waals surface area contributed by atoms with E-state index in [-0.39, 0.29) is 11.8 Å². The molecule has 1 fully saturated rings. The molecule has 0 unspecified atom stereocenters.